The van der Waals surface area contributed by atoms with Crippen molar-refractivity contribution in [1.82, 2.24) is 15.0 Å². The number of anilines is 1. The lowest BCUT2D eigenvalue weighted by Crippen LogP contribution is -2.09. The molecule has 0 aliphatic heterocycles. The normalized spacial score (nSPS) is 10.6. The van der Waals surface area contributed by atoms with Crippen molar-refractivity contribution in [3.8, 4) is 12.0 Å². The van der Waals surface area contributed by atoms with Crippen molar-refractivity contribution >= 4 is 5.95 Å². The minimum absolute atomic E-state index is 0.269. The number of rotatable bonds is 8. The fourth-order valence-electron chi connectivity index (χ4n) is 1.12. The maximum atomic E-state index is 5.39. The highest BCUT2D eigenvalue weighted by Crippen LogP contribution is 2.13. The van der Waals surface area contributed by atoms with E-state index in [2.05, 4.69) is 20.3 Å². The van der Waals surface area contributed by atoms with Gasteiger partial charge in [0.1, 0.15) is 6.61 Å². The number of nitrogens with zero attached hydrogens (tertiary/aromatic N) is 3. The van der Waals surface area contributed by atoms with Crippen molar-refractivity contribution in [2.24, 2.45) is 0 Å². The summed E-state index contributed by atoms with van der Waals surface area (Å²) >= 11 is 0. The minimum atomic E-state index is 0.269. The number of aromatic nitrogens is 3. The molecule has 0 aliphatic carbocycles. The lowest BCUT2D eigenvalue weighted by Gasteiger charge is -2.08. The average molecular weight is 252 g/mol. The molecule has 1 heterocycles. The summed E-state index contributed by atoms with van der Waals surface area (Å²) in [6.07, 6.45) is 4.68. The molecule has 0 saturated heterocycles. The highest BCUT2D eigenvalue weighted by atomic mass is 16.5. The number of hydrogen-bond acceptors (Lipinski definition) is 6. The van der Waals surface area contributed by atoms with Crippen LogP contribution in [0.5, 0.6) is 12.0 Å². The van der Waals surface area contributed by atoms with Gasteiger partial charge >= 0.3 is 12.0 Å². The van der Waals surface area contributed by atoms with E-state index in [1.807, 2.05) is 32.9 Å². The number of allylic oxidation sites excluding steroid dienone is 1. The fraction of sp³-hybridized carbons (Fsp3) is 0.583. The summed E-state index contributed by atoms with van der Waals surface area (Å²) in [6.45, 7) is 7.65. The molecule has 0 radical (unpaired) electrons. The molecule has 0 bridgehead atoms. The minimum Gasteiger partial charge on any atom is -0.463 e. The average Bonchev–Trinajstić information content (AvgIpc) is 2.37. The highest BCUT2D eigenvalue weighted by Gasteiger charge is 2.07. The van der Waals surface area contributed by atoms with Crippen molar-refractivity contribution < 1.29 is 9.47 Å². The van der Waals surface area contributed by atoms with Gasteiger partial charge in [-0.1, -0.05) is 19.1 Å². The maximum Gasteiger partial charge on any atom is 0.324 e. The van der Waals surface area contributed by atoms with Crippen LogP contribution in [-0.4, -0.2) is 34.7 Å². The third-order valence-electron chi connectivity index (χ3n) is 1.91. The van der Waals surface area contributed by atoms with E-state index < -0.39 is 0 Å². The zero-order valence-corrected chi connectivity index (χ0v) is 11.1. The fourth-order valence-corrected chi connectivity index (χ4v) is 1.12. The van der Waals surface area contributed by atoms with Crippen LogP contribution in [-0.2, 0) is 0 Å². The van der Waals surface area contributed by atoms with Gasteiger partial charge in [0.25, 0.3) is 0 Å². The van der Waals surface area contributed by atoms with Gasteiger partial charge < -0.3 is 14.8 Å². The van der Waals surface area contributed by atoms with E-state index in [4.69, 9.17) is 9.47 Å². The van der Waals surface area contributed by atoms with Crippen LogP contribution in [0.3, 0.4) is 0 Å². The summed E-state index contributed by atoms with van der Waals surface area (Å²) in [4.78, 5) is 12.4. The Morgan fingerprint density at radius 2 is 1.83 bits per heavy atom. The number of hydrogen-bond donors (Lipinski definition) is 1. The van der Waals surface area contributed by atoms with E-state index in [-0.39, 0.29) is 6.01 Å². The summed E-state index contributed by atoms with van der Waals surface area (Å²) in [5.74, 6) is 0.467. The topological polar surface area (TPSA) is 69.2 Å². The largest absolute Gasteiger partial charge is 0.463 e. The molecule has 6 nitrogen and oxygen atoms in total. The predicted molar refractivity (Wildman–Crippen MR) is 70.1 cm³/mol. The van der Waals surface area contributed by atoms with Crippen molar-refractivity contribution in [2.75, 3.05) is 25.1 Å². The van der Waals surface area contributed by atoms with Crippen molar-refractivity contribution in [1.29, 1.82) is 0 Å². The van der Waals surface area contributed by atoms with Crippen LogP contribution in [0, 0.1) is 0 Å². The SMILES string of the molecule is C/C=C/COc1nc(NCC)nc(OCCC)n1. The van der Waals surface area contributed by atoms with Crippen LogP contribution in [0.25, 0.3) is 0 Å². The monoisotopic (exact) mass is 252 g/mol. The summed E-state index contributed by atoms with van der Waals surface area (Å²) in [5.41, 5.74) is 0. The van der Waals surface area contributed by atoms with Gasteiger partial charge in [0.2, 0.25) is 5.95 Å². The number of nitrogens with one attached hydrogen (secondary N) is 1. The second-order valence-corrected chi connectivity index (χ2v) is 3.48. The maximum absolute atomic E-state index is 5.39. The zero-order chi connectivity index (χ0) is 13.2. The van der Waals surface area contributed by atoms with Gasteiger partial charge in [-0.15, -0.1) is 4.98 Å². The Hall–Kier alpha value is -1.85. The lowest BCUT2D eigenvalue weighted by molar-refractivity contribution is 0.275. The second kappa shape index (κ2) is 8.27. The second-order valence-electron chi connectivity index (χ2n) is 3.48. The Balaban J connectivity index is 2.76. The molecule has 1 aromatic rings. The van der Waals surface area contributed by atoms with Crippen LogP contribution in [0.2, 0.25) is 0 Å². The molecule has 18 heavy (non-hydrogen) atoms. The molecule has 0 saturated carbocycles. The summed E-state index contributed by atoms with van der Waals surface area (Å²) in [5, 5.41) is 3.01. The van der Waals surface area contributed by atoms with Gasteiger partial charge in [-0.25, -0.2) is 0 Å². The molecule has 100 valence electrons. The van der Waals surface area contributed by atoms with E-state index in [0.717, 1.165) is 13.0 Å². The van der Waals surface area contributed by atoms with Crippen LogP contribution in [0.4, 0.5) is 5.95 Å². The quantitative estimate of drug-likeness (QED) is 0.714. The van der Waals surface area contributed by atoms with Crippen LogP contribution in [0.15, 0.2) is 12.2 Å². The van der Waals surface area contributed by atoms with Gasteiger partial charge in [-0.2, -0.15) is 9.97 Å². The smallest absolute Gasteiger partial charge is 0.324 e. The van der Waals surface area contributed by atoms with E-state index in [9.17, 15) is 0 Å². The Bertz CT molecular complexity index is 382. The summed E-state index contributed by atoms with van der Waals surface area (Å²) in [6, 6.07) is 0.559. The Morgan fingerprint density at radius 3 is 2.44 bits per heavy atom. The van der Waals surface area contributed by atoms with Crippen molar-refractivity contribution in [3.05, 3.63) is 12.2 Å². The molecule has 1 aromatic heterocycles. The first-order valence-electron chi connectivity index (χ1n) is 6.16. The molecular weight excluding hydrogens is 232 g/mol. The predicted octanol–water partition coefficient (Wildman–Crippen LogP) is 2.05. The molecule has 0 atom stereocenters. The molecule has 0 aliphatic rings. The van der Waals surface area contributed by atoms with Gasteiger partial charge in [0.15, 0.2) is 0 Å². The van der Waals surface area contributed by atoms with Crippen molar-refractivity contribution in [2.45, 2.75) is 27.2 Å². The molecule has 1 rings (SSSR count). The lowest BCUT2D eigenvalue weighted by atomic mass is 10.5. The first-order chi connectivity index (χ1) is 8.80. The van der Waals surface area contributed by atoms with E-state index in [0.29, 0.717) is 25.2 Å². The Kier molecular flexibility index (Phi) is 6.53. The first-order valence-corrected chi connectivity index (χ1v) is 6.16. The molecule has 1 N–H and O–H groups in total. The van der Waals surface area contributed by atoms with Gasteiger partial charge in [0.05, 0.1) is 6.61 Å². The third-order valence-corrected chi connectivity index (χ3v) is 1.91. The van der Waals surface area contributed by atoms with E-state index in [1.54, 1.807) is 0 Å². The van der Waals surface area contributed by atoms with Crippen molar-refractivity contribution in [3.63, 3.8) is 0 Å². The van der Waals surface area contributed by atoms with E-state index in [1.165, 1.54) is 0 Å². The van der Waals surface area contributed by atoms with Crippen LogP contribution in [0.1, 0.15) is 27.2 Å². The molecule has 0 amide bonds. The third kappa shape index (κ3) is 4.99. The highest BCUT2D eigenvalue weighted by molar-refractivity contribution is 5.27. The molecule has 0 fully saturated rings. The Labute approximate surface area is 107 Å². The molecule has 6 heteroatoms. The molecule has 0 aromatic carbocycles. The standard InChI is InChI=1S/C12H20N4O2/c1-4-7-9-18-12-15-10(13-6-3)14-11(16-12)17-8-5-2/h4,7H,5-6,8-9H2,1-3H3,(H,13,14,15,16)/b7-4+. The van der Waals surface area contributed by atoms with Gasteiger partial charge in [-0.05, 0) is 20.3 Å². The summed E-state index contributed by atoms with van der Waals surface area (Å²) < 4.78 is 10.8. The van der Waals surface area contributed by atoms with E-state index >= 15 is 0 Å². The number of ether oxygens (including phenoxy) is 2. The first kappa shape index (κ1) is 14.2. The van der Waals surface area contributed by atoms with Gasteiger partial charge in [0, 0.05) is 6.54 Å². The molecular formula is C12H20N4O2. The van der Waals surface area contributed by atoms with Gasteiger partial charge in [-0.3, -0.25) is 0 Å². The zero-order valence-electron chi connectivity index (χ0n) is 11.1. The Morgan fingerprint density at radius 1 is 1.11 bits per heavy atom. The van der Waals surface area contributed by atoms with Crippen LogP contribution >= 0.6 is 0 Å². The molecule has 0 spiro atoms. The molecule has 0 unspecified atom stereocenters. The van der Waals surface area contributed by atoms with Crippen LogP contribution < -0.4 is 14.8 Å². The summed E-state index contributed by atoms with van der Waals surface area (Å²) in [7, 11) is 0.